The summed E-state index contributed by atoms with van der Waals surface area (Å²) < 4.78 is 0. The minimum absolute atomic E-state index is 0.0191. The van der Waals surface area contributed by atoms with Crippen LogP contribution >= 0.6 is 11.8 Å². The summed E-state index contributed by atoms with van der Waals surface area (Å²) in [5, 5.41) is 17.1. The number of thioether (sulfide) groups is 1. The van der Waals surface area contributed by atoms with Gasteiger partial charge in [0.25, 0.3) is 5.91 Å². The molecule has 0 aliphatic carbocycles. The molecule has 0 radical (unpaired) electrons. The molecule has 7 heteroatoms. The van der Waals surface area contributed by atoms with Crippen molar-refractivity contribution in [3.05, 3.63) is 54.1 Å². The van der Waals surface area contributed by atoms with Crippen molar-refractivity contribution in [3.8, 4) is 6.07 Å². The number of hydrogen-bond acceptors (Lipinski definition) is 5. The molecular formula is C18H18N4O2S. The molecule has 2 aromatic rings. The minimum atomic E-state index is -0.239. The maximum Gasteiger partial charge on any atom is 0.253 e. The second-order valence-corrected chi connectivity index (χ2v) is 5.99. The summed E-state index contributed by atoms with van der Waals surface area (Å²) in [6, 6.07) is 16.4. The smallest absolute Gasteiger partial charge is 0.253 e. The molecule has 0 aliphatic rings. The van der Waals surface area contributed by atoms with Gasteiger partial charge in [-0.1, -0.05) is 24.3 Å². The lowest BCUT2D eigenvalue weighted by Gasteiger charge is -2.12. The lowest BCUT2D eigenvalue weighted by atomic mass is 10.1. The van der Waals surface area contributed by atoms with Crippen molar-refractivity contribution in [3.63, 3.8) is 0 Å². The Labute approximate surface area is 150 Å². The van der Waals surface area contributed by atoms with E-state index in [-0.39, 0.29) is 18.4 Å². The van der Waals surface area contributed by atoms with Crippen LogP contribution in [0.2, 0.25) is 0 Å². The normalized spacial score (nSPS) is 9.76. The Morgan fingerprint density at radius 1 is 1.08 bits per heavy atom. The third kappa shape index (κ3) is 5.26. The van der Waals surface area contributed by atoms with Crippen LogP contribution in [-0.2, 0) is 4.79 Å². The molecule has 0 aliphatic heterocycles. The highest BCUT2D eigenvalue weighted by atomic mass is 32.2. The molecule has 2 rings (SSSR count). The van der Waals surface area contributed by atoms with Crippen molar-refractivity contribution >= 4 is 35.0 Å². The standard InChI is InChI=1S/C18H18N4O2S/c1-20-18(24)13-6-2-3-7-14(13)21-12-17(23)22-15-8-4-5-9-16(15)25-11-10-19/h2-9,21H,11-12H2,1H3,(H,20,24)(H,22,23). The summed E-state index contributed by atoms with van der Waals surface area (Å²) in [6.07, 6.45) is 0. The van der Waals surface area contributed by atoms with Crippen molar-refractivity contribution in [1.29, 1.82) is 5.26 Å². The zero-order valence-electron chi connectivity index (χ0n) is 13.7. The number of para-hydroxylation sites is 2. The summed E-state index contributed by atoms with van der Waals surface area (Å²) in [5.41, 5.74) is 1.72. The SMILES string of the molecule is CNC(=O)c1ccccc1NCC(=O)Nc1ccccc1SCC#N. The topological polar surface area (TPSA) is 94.0 Å². The van der Waals surface area contributed by atoms with Gasteiger partial charge in [-0.05, 0) is 24.3 Å². The number of rotatable bonds is 7. The van der Waals surface area contributed by atoms with E-state index in [4.69, 9.17) is 5.26 Å². The first-order chi connectivity index (χ1) is 12.2. The van der Waals surface area contributed by atoms with E-state index in [0.29, 0.717) is 22.7 Å². The Morgan fingerprint density at radius 2 is 1.76 bits per heavy atom. The third-order valence-corrected chi connectivity index (χ3v) is 4.23. The lowest BCUT2D eigenvalue weighted by molar-refractivity contribution is -0.114. The number of nitrogens with one attached hydrogen (secondary N) is 3. The van der Waals surface area contributed by atoms with Crippen LogP contribution < -0.4 is 16.0 Å². The molecule has 0 aromatic heterocycles. The van der Waals surface area contributed by atoms with Crippen molar-refractivity contribution in [2.24, 2.45) is 0 Å². The second kappa shape index (κ2) is 9.35. The van der Waals surface area contributed by atoms with Gasteiger partial charge >= 0.3 is 0 Å². The maximum atomic E-state index is 12.2. The molecule has 6 nitrogen and oxygen atoms in total. The van der Waals surface area contributed by atoms with Gasteiger partial charge in [-0.25, -0.2) is 0 Å². The summed E-state index contributed by atoms with van der Waals surface area (Å²) in [5.74, 6) is -0.150. The fourth-order valence-electron chi connectivity index (χ4n) is 2.15. The van der Waals surface area contributed by atoms with Gasteiger partial charge < -0.3 is 16.0 Å². The van der Waals surface area contributed by atoms with E-state index in [0.717, 1.165) is 4.90 Å². The Bertz CT molecular complexity index is 802. The van der Waals surface area contributed by atoms with E-state index >= 15 is 0 Å². The van der Waals surface area contributed by atoms with Crippen LogP contribution in [0.15, 0.2) is 53.4 Å². The first kappa shape index (κ1) is 18.4. The fraction of sp³-hybridized carbons (Fsp3) is 0.167. The molecule has 128 valence electrons. The first-order valence-electron chi connectivity index (χ1n) is 7.59. The molecule has 0 bridgehead atoms. The molecule has 0 heterocycles. The van der Waals surface area contributed by atoms with Crippen molar-refractivity contribution in [2.75, 3.05) is 30.0 Å². The lowest BCUT2D eigenvalue weighted by Crippen LogP contribution is -2.24. The van der Waals surface area contributed by atoms with Gasteiger partial charge in [0.1, 0.15) is 0 Å². The van der Waals surface area contributed by atoms with Crippen molar-refractivity contribution in [1.82, 2.24) is 5.32 Å². The number of benzene rings is 2. The fourth-order valence-corrected chi connectivity index (χ4v) is 2.82. The zero-order chi connectivity index (χ0) is 18.1. The summed E-state index contributed by atoms with van der Waals surface area (Å²) in [6.45, 7) is 0.0191. The van der Waals surface area contributed by atoms with E-state index in [1.807, 2.05) is 18.2 Å². The molecule has 0 saturated carbocycles. The average Bonchev–Trinajstić information content (AvgIpc) is 2.65. The van der Waals surface area contributed by atoms with Crippen LogP contribution in [0.5, 0.6) is 0 Å². The highest BCUT2D eigenvalue weighted by Gasteiger charge is 2.11. The van der Waals surface area contributed by atoms with Crippen molar-refractivity contribution in [2.45, 2.75) is 4.90 Å². The Kier molecular flexibility index (Phi) is 6.87. The van der Waals surface area contributed by atoms with Gasteiger partial charge in [-0.15, -0.1) is 11.8 Å². The number of amides is 2. The Morgan fingerprint density at radius 3 is 2.48 bits per heavy atom. The number of hydrogen-bond donors (Lipinski definition) is 3. The van der Waals surface area contributed by atoms with Crippen molar-refractivity contribution < 1.29 is 9.59 Å². The van der Waals surface area contributed by atoms with Crippen LogP contribution in [0.1, 0.15) is 10.4 Å². The molecule has 0 saturated heterocycles. The highest BCUT2D eigenvalue weighted by molar-refractivity contribution is 7.99. The predicted octanol–water partition coefficient (Wildman–Crippen LogP) is 2.71. The number of nitriles is 1. The molecule has 3 N–H and O–H groups in total. The van der Waals surface area contributed by atoms with E-state index < -0.39 is 0 Å². The monoisotopic (exact) mass is 354 g/mol. The molecule has 0 fully saturated rings. The van der Waals surface area contributed by atoms with Crippen LogP contribution in [0.4, 0.5) is 11.4 Å². The van der Waals surface area contributed by atoms with Crippen LogP contribution in [-0.4, -0.2) is 31.2 Å². The zero-order valence-corrected chi connectivity index (χ0v) is 14.5. The molecule has 0 atom stereocenters. The van der Waals surface area contributed by atoms with Gasteiger partial charge in [0.05, 0.1) is 29.6 Å². The van der Waals surface area contributed by atoms with Crippen LogP contribution in [0.3, 0.4) is 0 Å². The number of carbonyl (C=O) groups is 2. The van der Waals surface area contributed by atoms with Gasteiger partial charge in [-0.2, -0.15) is 5.26 Å². The highest BCUT2D eigenvalue weighted by Crippen LogP contribution is 2.26. The summed E-state index contributed by atoms with van der Waals surface area (Å²) >= 11 is 1.36. The number of carbonyl (C=O) groups excluding carboxylic acids is 2. The molecule has 0 unspecified atom stereocenters. The second-order valence-electron chi connectivity index (χ2n) is 4.97. The van der Waals surface area contributed by atoms with Gasteiger partial charge in [-0.3, -0.25) is 9.59 Å². The molecule has 0 spiro atoms. The summed E-state index contributed by atoms with van der Waals surface area (Å²) in [7, 11) is 1.56. The number of nitrogens with zero attached hydrogens (tertiary/aromatic N) is 1. The van der Waals surface area contributed by atoms with E-state index in [2.05, 4.69) is 22.0 Å². The largest absolute Gasteiger partial charge is 0.376 e. The Balaban J connectivity index is 2.01. The van der Waals surface area contributed by atoms with Gasteiger partial charge in [0, 0.05) is 17.6 Å². The quantitative estimate of drug-likeness (QED) is 0.665. The molecule has 2 amide bonds. The van der Waals surface area contributed by atoms with E-state index in [1.165, 1.54) is 11.8 Å². The molecule has 25 heavy (non-hydrogen) atoms. The van der Waals surface area contributed by atoms with E-state index in [9.17, 15) is 9.59 Å². The molecular weight excluding hydrogens is 336 g/mol. The van der Waals surface area contributed by atoms with Gasteiger partial charge in [0.15, 0.2) is 0 Å². The third-order valence-electron chi connectivity index (χ3n) is 3.29. The maximum absolute atomic E-state index is 12.2. The Hall–Kier alpha value is -2.98. The number of anilines is 2. The van der Waals surface area contributed by atoms with E-state index in [1.54, 1.807) is 37.4 Å². The van der Waals surface area contributed by atoms with Crippen LogP contribution in [0, 0.1) is 11.3 Å². The average molecular weight is 354 g/mol. The summed E-state index contributed by atoms with van der Waals surface area (Å²) in [4.78, 5) is 24.9. The minimum Gasteiger partial charge on any atom is -0.376 e. The van der Waals surface area contributed by atoms with Crippen LogP contribution in [0.25, 0.3) is 0 Å². The molecule has 2 aromatic carbocycles. The first-order valence-corrected chi connectivity index (χ1v) is 8.58. The van der Waals surface area contributed by atoms with Gasteiger partial charge in [0.2, 0.25) is 5.91 Å². The predicted molar refractivity (Wildman–Crippen MR) is 99.7 cm³/mol.